The quantitative estimate of drug-likeness (QED) is 0.175. The Morgan fingerprint density at radius 2 is 0.667 bits per heavy atom. The van der Waals surface area contributed by atoms with Crippen molar-refractivity contribution in [3.8, 4) is 0 Å². The van der Waals surface area contributed by atoms with E-state index < -0.39 is 15.9 Å². The van der Waals surface area contributed by atoms with Crippen LogP contribution in [0.4, 0.5) is 0 Å². The van der Waals surface area contributed by atoms with Crippen molar-refractivity contribution in [2.75, 3.05) is 39.6 Å². The van der Waals surface area contributed by atoms with Crippen LogP contribution in [0.5, 0.6) is 0 Å². The summed E-state index contributed by atoms with van der Waals surface area (Å²) in [6, 6.07) is 0. The van der Waals surface area contributed by atoms with E-state index in [-0.39, 0.29) is 0 Å². The van der Waals surface area contributed by atoms with Crippen molar-refractivity contribution in [2.24, 2.45) is 0 Å². The van der Waals surface area contributed by atoms with Gasteiger partial charge in [-0.3, -0.25) is 0 Å². The minimum Gasteiger partial charge on any atom is -0.365 e. The second-order valence-corrected chi connectivity index (χ2v) is 18.5. The van der Waals surface area contributed by atoms with E-state index in [0.717, 1.165) is 0 Å². The monoisotopic (exact) mass is 454 g/mol. The molecule has 0 spiro atoms. The van der Waals surface area contributed by atoms with Gasteiger partial charge in [-0.1, -0.05) is 0 Å². The molecule has 0 aromatic carbocycles. The molecule has 0 amide bonds. The second-order valence-electron chi connectivity index (χ2n) is 3.90. The molecule has 6 nitrogen and oxygen atoms in total. The molecule has 0 fully saturated rings. The van der Waals surface area contributed by atoms with Gasteiger partial charge < -0.3 is 26.6 Å². The average Bonchev–Trinajstić information content (AvgIpc) is 2.53. The summed E-state index contributed by atoms with van der Waals surface area (Å²) in [7, 11) is 0.755. The smallest absolute Gasteiger partial charge is 0.365 e. The van der Waals surface area contributed by atoms with E-state index in [0.29, 0.717) is 39.6 Å². The predicted molar refractivity (Wildman–Crippen MR) is 112 cm³/mol. The molecule has 146 valence electrons. The molecule has 0 aliphatic carbocycles. The zero-order chi connectivity index (χ0) is 18.3. The zero-order valence-corrected chi connectivity index (χ0v) is 20.6. The van der Waals surface area contributed by atoms with Gasteiger partial charge in [0, 0.05) is 39.6 Å². The molecular formula is C12H30O6S4Si2. The SMILES string of the molecule is CCO[Si](OCC)(OCC)SSSS[Si](OCC)(OCC)OCC. The molecule has 0 unspecified atom stereocenters. The molecule has 24 heavy (non-hydrogen) atoms. The van der Waals surface area contributed by atoms with Crippen molar-refractivity contribution in [2.45, 2.75) is 41.5 Å². The van der Waals surface area contributed by atoms with E-state index in [1.165, 1.54) is 20.5 Å². The largest absolute Gasteiger partial charge is 0.585 e. The predicted octanol–water partition coefficient (Wildman–Crippen LogP) is 4.75. The Kier molecular flexibility index (Phi) is 16.7. The fraction of sp³-hybridized carbons (Fsp3) is 1.00. The van der Waals surface area contributed by atoms with Gasteiger partial charge in [0.2, 0.25) is 0 Å². The third-order valence-electron chi connectivity index (χ3n) is 2.23. The summed E-state index contributed by atoms with van der Waals surface area (Å²) in [5, 5.41) is 0. The van der Waals surface area contributed by atoms with E-state index in [2.05, 4.69) is 0 Å². The average molecular weight is 455 g/mol. The highest BCUT2D eigenvalue weighted by molar-refractivity contribution is 9.31. The minimum absolute atomic E-state index is 0.563. The van der Waals surface area contributed by atoms with Crippen LogP contribution >= 0.6 is 40.1 Å². The van der Waals surface area contributed by atoms with Crippen LogP contribution in [0, 0.1) is 0 Å². The van der Waals surface area contributed by atoms with E-state index in [9.17, 15) is 0 Å². The third kappa shape index (κ3) is 10.1. The van der Waals surface area contributed by atoms with Crippen LogP contribution in [0.2, 0.25) is 0 Å². The molecule has 12 heteroatoms. The van der Waals surface area contributed by atoms with Gasteiger partial charge in [-0.15, -0.1) is 0 Å². The van der Waals surface area contributed by atoms with E-state index >= 15 is 0 Å². The maximum atomic E-state index is 5.82. The van der Waals surface area contributed by atoms with Crippen LogP contribution in [0.15, 0.2) is 0 Å². The van der Waals surface area contributed by atoms with E-state index in [4.69, 9.17) is 26.6 Å². The molecule has 0 radical (unpaired) electrons. The van der Waals surface area contributed by atoms with Gasteiger partial charge in [0.15, 0.2) is 0 Å². The summed E-state index contributed by atoms with van der Waals surface area (Å²) in [6.45, 7) is 15.1. The molecule has 0 saturated heterocycles. The van der Waals surface area contributed by atoms with Gasteiger partial charge >= 0.3 is 15.9 Å². The maximum absolute atomic E-state index is 5.82. The molecule has 0 saturated carbocycles. The lowest BCUT2D eigenvalue weighted by Crippen LogP contribution is -2.42. The summed E-state index contributed by atoms with van der Waals surface area (Å²) >= 11 is 0. The highest BCUT2D eigenvalue weighted by Gasteiger charge is 2.46. The standard InChI is InChI=1S/C12H30O6S4Si2/c1-7-13-23(14-8-2,15-9-3)21-19-20-22-24(16-10-4,17-11-5)18-12-6/h7-12H2,1-6H3. The summed E-state index contributed by atoms with van der Waals surface area (Å²) in [5.74, 6) is 0. The first-order valence-corrected chi connectivity index (χ1v) is 17.8. The topological polar surface area (TPSA) is 55.4 Å². The van der Waals surface area contributed by atoms with E-state index in [1.807, 2.05) is 41.5 Å². The van der Waals surface area contributed by atoms with Gasteiger partial charge in [0.05, 0.1) is 0 Å². The van der Waals surface area contributed by atoms with Gasteiger partial charge in [-0.2, -0.15) is 0 Å². The molecule has 0 aliphatic heterocycles. The van der Waals surface area contributed by atoms with Gasteiger partial charge in [0.25, 0.3) is 0 Å². The number of hydrogen-bond acceptors (Lipinski definition) is 10. The summed E-state index contributed by atoms with van der Waals surface area (Å²) < 4.78 is 34.9. The fourth-order valence-electron chi connectivity index (χ4n) is 1.57. The number of hydrogen-bond donors (Lipinski definition) is 0. The highest BCUT2D eigenvalue weighted by atomic mass is 33.7. The first kappa shape index (κ1) is 25.6. The van der Waals surface area contributed by atoms with Crippen LogP contribution in [0.3, 0.4) is 0 Å². The molecule has 0 aliphatic rings. The third-order valence-corrected chi connectivity index (χ3v) is 21.2. The summed E-state index contributed by atoms with van der Waals surface area (Å²) in [6.07, 6.45) is 0. The molecular weight excluding hydrogens is 425 g/mol. The molecule has 0 heterocycles. The molecule has 0 aromatic rings. The minimum atomic E-state index is -2.71. The number of rotatable bonds is 17. The van der Waals surface area contributed by atoms with Crippen molar-refractivity contribution in [1.29, 1.82) is 0 Å². The second kappa shape index (κ2) is 15.6. The lowest BCUT2D eigenvalue weighted by molar-refractivity contribution is 0.0963. The van der Waals surface area contributed by atoms with E-state index in [1.54, 1.807) is 19.7 Å². The Morgan fingerprint density at radius 1 is 0.458 bits per heavy atom. The van der Waals surface area contributed by atoms with Gasteiger partial charge in [-0.25, -0.2) is 0 Å². The molecule has 0 atom stereocenters. The first-order valence-electron chi connectivity index (χ1n) is 8.11. The van der Waals surface area contributed by atoms with Crippen molar-refractivity contribution < 1.29 is 26.6 Å². The Balaban J connectivity index is 4.64. The van der Waals surface area contributed by atoms with Gasteiger partial charge in [0.1, 0.15) is 0 Å². The molecule has 0 bridgehead atoms. The Bertz CT molecular complexity index is 245. The van der Waals surface area contributed by atoms with Crippen molar-refractivity contribution in [3.05, 3.63) is 0 Å². The van der Waals surface area contributed by atoms with Crippen molar-refractivity contribution in [1.82, 2.24) is 0 Å². The lowest BCUT2D eigenvalue weighted by Gasteiger charge is -2.28. The van der Waals surface area contributed by atoms with Crippen molar-refractivity contribution >= 4 is 56.0 Å². The van der Waals surface area contributed by atoms with Crippen LogP contribution in [-0.4, -0.2) is 55.5 Å². The lowest BCUT2D eigenvalue weighted by atomic mass is 10.9. The van der Waals surface area contributed by atoms with Crippen LogP contribution in [0.1, 0.15) is 41.5 Å². The first-order chi connectivity index (χ1) is 11.6. The zero-order valence-electron chi connectivity index (χ0n) is 15.3. The fourth-order valence-corrected chi connectivity index (χ4v) is 23.5. The molecule has 0 N–H and O–H groups in total. The van der Waals surface area contributed by atoms with Crippen molar-refractivity contribution in [3.63, 3.8) is 0 Å². The summed E-state index contributed by atoms with van der Waals surface area (Å²) in [5.41, 5.74) is 0. The molecule has 0 aromatic heterocycles. The van der Waals surface area contributed by atoms with Gasteiger partial charge in [-0.05, 0) is 81.7 Å². The Hall–Kier alpha value is 1.59. The normalized spacial score (nSPS) is 12.8. The Labute approximate surface area is 163 Å². The molecule has 0 rings (SSSR count). The highest BCUT2D eigenvalue weighted by Crippen LogP contribution is 2.51. The summed E-state index contributed by atoms with van der Waals surface area (Å²) in [4.78, 5) is 0. The van der Waals surface area contributed by atoms with Crippen LogP contribution in [0.25, 0.3) is 0 Å². The maximum Gasteiger partial charge on any atom is 0.585 e. The van der Waals surface area contributed by atoms with Crippen LogP contribution in [-0.2, 0) is 26.6 Å². The Morgan fingerprint density at radius 3 is 0.833 bits per heavy atom. The van der Waals surface area contributed by atoms with Crippen LogP contribution < -0.4 is 0 Å².